The zero-order chi connectivity index (χ0) is 17.6. The maximum atomic E-state index is 12.6. The number of rotatable bonds is 3. The van der Waals surface area contributed by atoms with Crippen LogP contribution in [0.25, 0.3) is 11.0 Å². The second-order valence-electron chi connectivity index (χ2n) is 5.86. The summed E-state index contributed by atoms with van der Waals surface area (Å²) in [6.45, 7) is 0.335. The number of carbonyl (C=O) groups excluding carboxylic acids is 1. The number of halogens is 1. The van der Waals surface area contributed by atoms with Crippen LogP contribution in [0.2, 0.25) is 5.02 Å². The van der Waals surface area contributed by atoms with Crippen LogP contribution in [-0.2, 0) is 9.84 Å². The largest absolute Gasteiger partial charge is 0.336 e. The van der Waals surface area contributed by atoms with E-state index in [4.69, 9.17) is 11.6 Å². The normalized spacial score (nSPS) is 15.3. The van der Waals surface area contributed by atoms with Crippen LogP contribution in [0.5, 0.6) is 0 Å². The van der Waals surface area contributed by atoms with Crippen molar-refractivity contribution in [1.29, 1.82) is 0 Å². The summed E-state index contributed by atoms with van der Waals surface area (Å²) in [5.74, 6) is -0.215. The number of amides is 1. The number of carbonyl (C=O) groups is 1. The van der Waals surface area contributed by atoms with E-state index in [0.717, 1.165) is 0 Å². The molecule has 2 aromatic carbocycles. The van der Waals surface area contributed by atoms with Gasteiger partial charge in [-0.15, -0.1) is 0 Å². The second-order valence-corrected chi connectivity index (χ2v) is 8.52. The molecule has 1 saturated heterocycles. The number of fused-ring (bicyclic) bond motifs is 1. The lowest BCUT2D eigenvalue weighted by atomic mass is 10.1. The van der Waals surface area contributed by atoms with Crippen molar-refractivity contribution in [2.75, 3.05) is 13.1 Å². The first-order chi connectivity index (χ1) is 11.9. The molecule has 7 nitrogen and oxygen atoms in total. The number of likely N-dealkylation sites (tertiary alicyclic amines) is 1. The highest BCUT2D eigenvalue weighted by Crippen LogP contribution is 2.26. The average Bonchev–Trinajstić information content (AvgIpc) is 3.01. The lowest BCUT2D eigenvalue weighted by molar-refractivity contribution is 0.0659. The Morgan fingerprint density at radius 2 is 1.76 bits per heavy atom. The van der Waals surface area contributed by atoms with Crippen LogP contribution in [-0.4, -0.2) is 53.0 Å². The van der Waals surface area contributed by atoms with Crippen molar-refractivity contribution in [3.8, 4) is 0 Å². The van der Waals surface area contributed by atoms with Crippen LogP contribution in [0.4, 0.5) is 0 Å². The van der Waals surface area contributed by atoms with Crippen LogP contribution in [0.1, 0.15) is 10.4 Å². The lowest BCUT2D eigenvalue weighted by Gasteiger charge is -2.38. The Bertz CT molecular complexity index is 1060. The van der Waals surface area contributed by atoms with Crippen molar-refractivity contribution < 1.29 is 13.2 Å². The maximum Gasteiger partial charge on any atom is 0.254 e. The highest BCUT2D eigenvalue weighted by molar-refractivity contribution is 7.92. The summed E-state index contributed by atoms with van der Waals surface area (Å²) in [6.07, 6.45) is 0. The second kappa shape index (κ2) is 5.82. The van der Waals surface area contributed by atoms with Gasteiger partial charge in [-0.05, 0) is 42.5 Å². The third-order valence-corrected chi connectivity index (χ3v) is 6.64. The number of aromatic nitrogens is 3. The summed E-state index contributed by atoms with van der Waals surface area (Å²) in [5, 5.41) is 10.3. The van der Waals surface area contributed by atoms with Gasteiger partial charge in [-0.3, -0.25) is 4.79 Å². The van der Waals surface area contributed by atoms with Crippen molar-refractivity contribution in [2.45, 2.75) is 10.1 Å². The van der Waals surface area contributed by atoms with E-state index in [2.05, 4.69) is 15.4 Å². The van der Waals surface area contributed by atoms with E-state index < -0.39 is 15.1 Å². The first-order valence-electron chi connectivity index (χ1n) is 7.54. The molecule has 0 unspecified atom stereocenters. The van der Waals surface area contributed by atoms with E-state index in [0.29, 0.717) is 21.6 Å². The van der Waals surface area contributed by atoms with Crippen LogP contribution in [0, 0.1) is 0 Å². The summed E-state index contributed by atoms with van der Waals surface area (Å²) in [6, 6.07) is 11.1. The number of sulfone groups is 1. The number of benzene rings is 2. The van der Waals surface area contributed by atoms with Crippen LogP contribution in [0.3, 0.4) is 0 Å². The van der Waals surface area contributed by atoms with Gasteiger partial charge in [0.05, 0.1) is 4.90 Å². The molecule has 2 heterocycles. The third kappa shape index (κ3) is 2.77. The molecule has 0 radical (unpaired) electrons. The molecule has 128 valence electrons. The summed E-state index contributed by atoms with van der Waals surface area (Å²) in [5.41, 5.74) is 1.73. The Kier molecular flexibility index (Phi) is 3.73. The predicted molar refractivity (Wildman–Crippen MR) is 92.2 cm³/mol. The SMILES string of the molecule is O=C(c1ccc2n[nH]nc2c1)N1CC(S(=O)(=O)c2ccc(Cl)cc2)C1. The molecule has 0 spiro atoms. The van der Waals surface area contributed by atoms with Gasteiger partial charge in [-0.25, -0.2) is 8.42 Å². The molecule has 1 aliphatic heterocycles. The molecule has 1 aliphatic rings. The van der Waals surface area contributed by atoms with E-state index >= 15 is 0 Å². The fourth-order valence-corrected chi connectivity index (χ4v) is 4.55. The van der Waals surface area contributed by atoms with Gasteiger partial charge in [-0.1, -0.05) is 11.6 Å². The van der Waals surface area contributed by atoms with E-state index in [1.807, 2.05) is 0 Å². The minimum atomic E-state index is -3.47. The van der Waals surface area contributed by atoms with Crippen molar-refractivity contribution in [3.05, 3.63) is 53.1 Å². The maximum absolute atomic E-state index is 12.6. The molecular formula is C16H13ClN4O3S. The number of hydrogen-bond acceptors (Lipinski definition) is 5. The van der Waals surface area contributed by atoms with Gasteiger partial charge < -0.3 is 4.90 Å². The summed E-state index contributed by atoms with van der Waals surface area (Å²) in [4.78, 5) is 14.2. The molecule has 3 aromatic rings. The molecule has 25 heavy (non-hydrogen) atoms. The Balaban J connectivity index is 1.49. The van der Waals surface area contributed by atoms with Gasteiger partial charge in [0.25, 0.3) is 5.91 Å². The van der Waals surface area contributed by atoms with Gasteiger partial charge in [0.2, 0.25) is 0 Å². The van der Waals surface area contributed by atoms with Crippen molar-refractivity contribution in [3.63, 3.8) is 0 Å². The van der Waals surface area contributed by atoms with E-state index in [-0.39, 0.29) is 23.9 Å². The fourth-order valence-electron chi connectivity index (χ4n) is 2.77. The zero-order valence-corrected chi connectivity index (χ0v) is 14.5. The minimum absolute atomic E-state index is 0.167. The molecule has 4 rings (SSSR count). The van der Waals surface area contributed by atoms with Crippen LogP contribution in [0.15, 0.2) is 47.4 Å². The Morgan fingerprint density at radius 1 is 1.08 bits per heavy atom. The van der Waals surface area contributed by atoms with Crippen molar-refractivity contribution in [1.82, 2.24) is 20.3 Å². The topological polar surface area (TPSA) is 96.0 Å². The summed E-state index contributed by atoms with van der Waals surface area (Å²) in [7, 11) is -3.47. The number of H-pyrrole nitrogens is 1. The molecule has 1 N–H and O–H groups in total. The van der Waals surface area contributed by atoms with Crippen LogP contribution >= 0.6 is 11.6 Å². The molecule has 9 heteroatoms. The summed E-state index contributed by atoms with van der Waals surface area (Å²) >= 11 is 5.80. The third-order valence-electron chi connectivity index (χ3n) is 4.28. The van der Waals surface area contributed by atoms with Gasteiger partial charge in [0, 0.05) is 23.7 Å². The van der Waals surface area contributed by atoms with Gasteiger partial charge in [-0.2, -0.15) is 15.4 Å². The Labute approximate surface area is 148 Å². The fraction of sp³-hybridized carbons (Fsp3) is 0.188. The number of aromatic amines is 1. The predicted octanol–water partition coefficient (Wildman–Crippen LogP) is 1.91. The Hall–Kier alpha value is -2.45. The van der Waals surface area contributed by atoms with E-state index in [1.54, 1.807) is 30.3 Å². The smallest absolute Gasteiger partial charge is 0.254 e. The lowest BCUT2D eigenvalue weighted by Crippen LogP contribution is -2.56. The zero-order valence-electron chi connectivity index (χ0n) is 12.9. The van der Waals surface area contributed by atoms with Gasteiger partial charge in [0.15, 0.2) is 9.84 Å². The van der Waals surface area contributed by atoms with E-state index in [1.165, 1.54) is 17.0 Å². The Morgan fingerprint density at radius 3 is 2.48 bits per heavy atom. The highest BCUT2D eigenvalue weighted by Gasteiger charge is 2.40. The molecule has 1 fully saturated rings. The molecule has 0 bridgehead atoms. The summed E-state index contributed by atoms with van der Waals surface area (Å²) < 4.78 is 25.1. The molecule has 0 atom stereocenters. The number of hydrogen-bond donors (Lipinski definition) is 1. The van der Waals surface area contributed by atoms with Gasteiger partial charge in [0.1, 0.15) is 16.3 Å². The van der Waals surface area contributed by atoms with Crippen LogP contribution < -0.4 is 0 Å². The minimum Gasteiger partial charge on any atom is -0.336 e. The van der Waals surface area contributed by atoms with Crippen molar-refractivity contribution >= 4 is 38.4 Å². The molecule has 0 aliphatic carbocycles. The standard InChI is InChI=1S/C16H13ClN4O3S/c17-11-2-4-12(5-3-11)25(23,24)13-8-21(9-13)16(22)10-1-6-14-15(7-10)19-20-18-14/h1-7,13H,8-9H2,(H,18,19,20). The number of nitrogens with one attached hydrogen (secondary N) is 1. The molecule has 1 amide bonds. The van der Waals surface area contributed by atoms with Crippen molar-refractivity contribution in [2.24, 2.45) is 0 Å². The average molecular weight is 377 g/mol. The molecule has 0 saturated carbocycles. The molecular weight excluding hydrogens is 364 g/mol. The van der Waals surface area contributed by atoms with E-state index in [9.17, 15) is 13.2 Å². The van der Waals surface area contributed by atoms with Gasteiger partial charge >= 0.3 is 0 Å². The molecule has 1 aromatic heterocycles. The highest BCUT2D eigenvalue weighted by atomic mass is 35.5. The first kappa shape index (κ1) is 16.0. The quantitative estimate of drug-likeness (QED) is 0.753. The first-order valence-corrected chi connectivity index (χ1v) is 9.47. The number of nitrogens with zero attached hydrogens (tertiary/aromatic N) is 3. The monoisotopic (exact) mass is 376 g/mol.